The fourth-order valence-electron chi connectivity index (χ4n) is 1.31. The molecule has 0 N–H and O–H groups in total. The van der Waals surface area contributed by atoms with Gasteiger partial charge in [-0.2, -0.15) is 0 Å². The first-order valence-corrected chi connectivity index (χ1v) is 6.37. The number of rotatable bonds is 4. The minimum Gasteiger partial charge on any atom is -1.00 e. The van der Waals surface area contributed by atoms with Crippen LogP contribution in [0.25, 0.3) is 0 Å². The van der Waals surface area contributed by atoms with Crippen molar-refractivity contribution in [2.24, 2.45) is 0 Å². The highest BCUT2D eigenvalue weighted by Crippen LogP contribution is 2.41. The second-order valence-corrected chi connectivity index (χ2v) is 6.46. The lowest BCUT2D eigenvalue weighted by Crippen LogP contribution is -3.00. The number of hydrogen-bond donors (Lipinski definition) is 0. The zero-order valence-corrected chi connectivity index (χ0v) is 12.9. The van der Waals surface area contributed by atoms with Crippen LogP contribution < -0.4 is 12.4 Å². The third-order valence-corrected chi connectivity index (χ3v) is 4.61. The van der Waals surface area contributed by atoms with Crippen LogP contribution >= 0.6 is 46.1 Å². The number of nitrogens with zero attached hydrogens (tertiary/aromatic N) is 1. The van der Waals surface area contributed by atoms with Crippen LogP contribution in [0.15, 0.2) is 12.7 Å². The summed E-state index contributed by atoms with van der Waals surface area (Å²) in [7, 11) is 4.22. The summed E-state index contributed by atoms with van der Waals surface area (Å²) in [5.41, 5.74) is 0. The van der Waals surface area contributed by atoms with Crippen LogP contribution in [0.4, 0.5) is 0 Å². The molecule has 0 aliphatic heterocycles. The molecule has 1 nitrogen and oxygen atoms in total. The van der Waals surface area contributed by atoms with Crippen LogP contribution in [0.1, 0.15) is 4.88 Å². The SMILES string of the molecule is C=CC[N+](C)(C)Cc1sc(Cl)c(Cl)c1Cl.[Cl-]. The molecule has 0 bridgehead atoms. The van der Waals surface area contributed by atoms with Gasteiger partial charge in [-0.05, 0) is 6.08 Å². The quantitative estimate of drug-likeness (QED) is 0.582. The van der Waals surface area contributed by atoms with Crippen LogP contribution in [0.5, 0.6) is 0 Å². The first-order chi connectivity index (χ1) is 6.87. The minimum atomic E-state index is 0. The van der Waals surface area contributed by atoms with Crippen molar-refractivity contribution in [2.45, 2.75) is 6.54 Å². The molecule has 1 aromatic heterocycles. The van der Waals surface area contributed by atoms with Crippen molar-refractivity contribution in [3.63, 3.8) is 0 Å². The molecular formula is C10H13Cl4NS. The van der Waals surface area contributed by atoms with E-state index >= 15 is 0 Å². The van der Waals surface area contributed by atoms with E-state index in [0.29, 0.717) is 14.4 Å². The molecule has 1 heterocycles. The van der Waals surface area contributed by atoms with Crippen molar-refractivity contribution in [2.75, 3.05) is 20.6 Å². The van der Waals surface area contributed by atoms with Gasteiger partial charge in [0, 0.05) is 0 Å². The Balaban J connectivity index is 0.00000225. The Morgan fingerprint density at radius 3 is 2.19 bits per heavy atom. The Kier molecular flexibility index (Phi) is 6.71. The number of thiophene rings is 1. The van der Waals surface area contributed by atoms with E-state index in [1.807, 2.05) is 6.08 Å². The lowest BCUT2D eigenvalue weighted by molar-refractivity contribution is -0.897. The van der Waals surface area contributed by atoms with E-state index in [9.17, 15) is 0 Å². The summed E-state index contributed by atoms with van der Waals surface area (Å²) in [4.78, 5) is 1.03. The van der Waals surface area contributed by atoms with Crippen molar-refractivity contribution in [1.29, 1.82) is 0 Å². The van der Waals surface area contributed by atoms with Crippen LogP contribution in [0, 0.1) is 0 Å². The molecule has 0 aromatic carbocycles. The first-order valence-electron chi connectivity index (χ1n) is 4.42. The van der Waals surface area contributed by atoms with Crippen molar-refractivity contribution in [3.8, 4) is 0 Å². The minimum absolute atomic E-state index is 0. The summed E-state index contributed by atoms with van der Waals surface area (Å²) in [5, 5.41) is 1.05. The summed E-state index contributed by atoms with van der Waals surface area (Å²) < 4.78 is 1.35. The molecule has 0 atom stereocenters. The molecule has 1 aromatic rings. The van der Waals surface area contributed by atoms with Crippen LogP contribution in [0.2, 0.25) is 14.4 Å². The topological polar surface area (TPSA) is 0 Å². The van der Waals surface area contributed by atoms with Gasteiger partial charge in [0.2, 0.25) is 0 Å². The summed E-state index contributed by atoms with van der Waals surface area (Å²) in [5.74, 6) is 0. The first kappa shape index (κ1) is 16.6. The van der Waals surface area contributed by atoms with Crippen molar-refractivity contribution in [3.05, 3.63) is 31.9 Å². The van der Waals surface area contributed by atoms with Crippen molar-refractivity contribution < 1.29 is 16.9 Å². The number of likely N-dealkylation sites (N-methyl/N-ethyl adjacent to an activating group) is 1. The molecule has 0 saturated carbocycles. The summed E-state index contributed by atoms with van der Waals surface area (Å²) in [6.45, 7) is 5.42. The van der Waals surface area contributed by atoms with Gasteiger partial charge in [0.15, 0.2) is 0 Å². The molecule has 0 saturated heterocycles. The summed E-state index contributed by atoms with van der Waals surface area (Å²) in [6, 6.07) is 0. The maximum Gasteiger partial charge on any atom is 0.115 e. The van der Waals surface area contributed by atoms with Gasteiger partial charge in [0.05, 0.1) is 35.6 Å². The van der Waals surface area contributed by atoms with Gasteiger partial charge in [-0.3, -0.25) is 0 Å². The van der Waals surface area contributed by atoms with Gasteiger partial charge in [-0.25, -0.2) is 0 Å². The molecule has 0 amide bonds. The maximum absolute atomic E-state index is 6.08. The highest BCUT2D eigenvalue weighted by molar-refractivity contribution is 7.17. The smallest absolute Gasteiger partial charge is 0.115 e. The maximum atomic E-state index is 6.08. The molecule has 6 heteroatoms. The van der Waals surface area contributed by atoms with Gasteiger partial charge >= 0.3 is 0 Å². The van der Waals surface area contributed by atoms with Crippen molar-refractivity contribution in [1.82, 2.24) is 0 Å². The Labute approximate surface area is 122 Å². The zero-order chi connectivity index (χ0) is 11.6. The number of quaternary nitrogens is 1. The van der Waals surface area contributed by atoms with E-state index in [-0.39, 0.29) is 12.4 Å². The fourth-order valence-corrected chi connectivity index (χ4v) is 3.36. The van der Waals surface area contributed by atoms with E-state index < -0.39 is 0 Å². The molecule has 0 radical (unpaired) electrons. The molecule has 0 aliphatic rings. The largest absolute Gasteiger partial charge is 1.00 e. The van der Waals surface area contributed by atoms with Crippen LogP contribution in [-0.2, 0) is 6.54 Å². The normalized spacial score (nSPS) is 11.1. The molecule has 0 aliphatic carbocycles. The predicted octanol–water partition coefficient (Wildman–Crippen LogP) is 1.47. The van der Waals surface area contributed by atoms with Crippen LogP contribution in [0.3, 0.4) is 0 Å². The second-order valence-electron chi connectivity index (χ2n) is 3.99. The van der Waals surface area contributed by atoms with E-state index in [2.05, 4.69) is 20.7 Å². The second kappa shape index (κ2) is 6.48. The molecule has 0 spiro atoms. The Morgan fingerprint density at radius 1 is 1.25 bits per heavy atom. The van der Waals surface area contributed by atoms with E-state index in [4.69, 9.17) is 34.8 Å². The van der Waals surface area contributed by atoms with E-state index in [1.54, 1.807) is 0 Å². The van der Waals surface area contributed by atoms with Gasteiger partial charge in [-0.1, -0.05) is 41.4 Å². The lowest BCUT2D eigenvalue weighted by atomic mass is 10.3. The van der Waals surface area contributed by atoms with E-state index in [1.165, 1.54) is 11.3 Å². The van der Waals surface area contributed by atoms with Gasteiger partial charge in [0.1, 0.15) is 10.9 Å². The Morgan fingerprint density at radius 2 is 1.81 bits per heavy atom. The average Bonchev–Trinajstić information content (AvgIpc) is 2.33. The van der Waals surface area contributed by atoms with E-state index in [0.717, 1.165) is 22.4 Å². The Bertz CT molecular complexity index is 373. The summed E-state index contributed by atoms with van der Waals surface area (Å²) in [6.07, 6.45) is 1.89. The standard InChI is InChI=1S/C10H13Cl3NS.ClH/c1-4-5-14(2,3)6-7-8(11)9(12)10(13)15-7;/h4H,1,5-6H2,2-3H3;1H/q+1;/p-1. The molecule has 0 fully saturated rings. The third-order valence-electron chi connectivity index (χ3n) is 2.02. The average molecular weight is 321 g/mol. The van der Waals surface area contributed by atoms with Gasteiger partial charge < -0.3 is 16.9 Å². The molecule has 92 valence electrons. The molecule has 1 rings (SSSR count). The molecule has 16 heavy (non-hydrogen) atoms. The Hall–Kier alpha value is 0.560. The molecular weight excluding hydrogens is 308 g/mol. The predicted molar refractivity (Wildman–Crippen MR) is 70.2 cm³/mol. The van der Waals surface area contributed by atoms with Gasteiger partial charge in [0.25, 0.3) is 0 Å². The molecule has 0 unspecified atom stereocenters. The van der Waals surface area contributed by atoms with Crippen molar-refractivity contribution >= 4 is 46.1 Å². The third kappa shape index (κ3) is 4.10. The van der Waals surface area contributed by atoms with Gasteiger partial charge in [-0.15, -0.1) is 11.3 Å². The zero-order valence-electron chi connectivity index (χ0n) is 9.07. The lowest BCUT2D eigenvalue weighted by Gasteiger charge is -2.27. The fraction of sp³-hybridized carbons (Fsp3) is 0.400. The van der Waals surface area contributed by atoms with Crippen LogP contribution in [-0.4, -0.2) is 25.1 Å². The summed E-state index contributed by atoms with van der Waals surface area (Å²) >= 11 is 19.4. The number of halogens is 4. The monoisotopic (exact) mass is 319 g/mol. The number of hydrogen-bond acceptors (Lipinski definition) is 1. The highest BCUT2D eigenvalue weighted by Gasteiger charge is 2.21. The highest BCUT2D eigenvalue weighted by atomic mass is 35.5.